The Morgan fingerprint density at radius 2 is 2.29 bits per heavy atom. The third kappa shape index (κ3) is 2.39. The predicted molar refractivity (Wildman–Crippen MR) is 67.1 cm³/mol. The second kappa shape index (κ2) is 4.47. The van der Waals surface area contributed by atoms with Gasteiger partial charge in [-0.3, -0.25) is 9.89 Å². The van der Waals surface area contributed by atoms with Crippen molar-refractivity contribution < 1.29 is 4.79 Å². The van der Waals surface area contributed by atoms with Crippen molar-refractivity contribution >= 4 is 29.0 Å². The Bertz CT molecular complexity index is 564. The molecule has 0 aliphatic heterocycles. The van der Waals surface area contributed by atoms with E-state index in [1.54, 1.807) is 18.3 Å². The van der Waals surface area contributed by atoms with Crippen molar-refractivity contribution in [1.29, 1.82) is 0 Å². The lowest BCUT2D eigenvalue weighted by Gasteiger charge is -2.05. The molecule has 0 aliphatic rings. The number of aryl methyl sites for hydroxylation is 1. The van der Waals surface area contributed by atoms with Crippen molar-refractivity contribution in [3.63, 3.8) is 0 Å². The molecule has 0 aliphatic carbocycles. The minimum Gasteiger partial charge on any atom is -0.398 e. The standard InChI is InChI=1S/C11H11ClN4O/c1-6-5-14-16-10(6)15-11(17)7-2-3-9(13)8(12)4-7/h2-5H,13H2,1H3,(H2,14,15,16,17). The molecule has 5 nitrogen and oxygen atoms in total. The van der Waals surface area contributed by atoms with E-state index in [4.69, 9.17) is 17.3 Å². The van der Waals surface area contributed by atoms with Gasteiger partial charge < -0.3 is 11.1 Å². The van der Waals surface area contributed by atoms with Crippen LogP contribution in [0, 0.1) is 6.92 Å². The molecule has 1 aromatic carbocycles. The fourth-order valence-electron chi connectivity index (χ4n) is 1.33. The number of aromatic amines is 1. The van der Waals surface area contributed by atoms with Gasteiger partial charge in [0.1, 0.15) is 5.82 Å². The average Bonchev–Trinajstić information content (AvgIpc) is 2.68. The first-order valence-corrected chi connectivity index (χ1v) is 5.32. The molecule has 2 rings (SSSR count). The molecule has 0 radical (unpaired) electrons. The Balaban J connectivity index is 2.20. The third-order valence-electron chi connectivity index (χ3n) is 2.33. The number of halogens is 1. The topological polar surface area (TPSA) is 83.8 Å². The number of carbonyl (C=O) groups is 1. The van der Waals surface area contributed by atoms with Crippen molar-refractivity contribution in [2.45, 2.75) is 6.92 Å². The highest BCUT2D eigenvalue weighted by molar-refractivity contribution is 6.33. The first-order valence-electron chi connectivity index (χ1n) is 4.94. The van der Waals surface area contributed by atoms with Crippen LogP contribution in [-0.2, 0) is 0 Å². The average molecular weight is 251 g/mol. The molecule has 1 amide bonds. The molecule has 0 atom stereocenters. The van der Waals surface area contributed by atoms with Gasteiger partial charge in [0.25, 0.3) is 5.91 Å². The summed E-state index contributed by atoms with van der Waals surface area (Å²) in [6.07, 6.45) is 1.63. The molecular weight excluding hydrogens is 240 g/mol. The Morgan fingerprint density at radius 1 is 1.53 bits per heavy atom. The Labute approximate surface area is 103 Å². The lowest BCUT2D eigenvalue weighted by molar-refractivity contribution is 0.102. The maximum absolute atomic E-state index is 11.9. The number of nitrogens with two attached hydrogens (primary N) is 1. The van der Waals surface area contributed by atoms with E-state index < -0.39 is 0 Å². The molecule has 17 heavy (non-hydrogen) atoms. The second-order valence-electron chi connectivity index (χ2n) is 3.62. The number of H-pyrrole nitrogens is 1. The van der Waals surface area contributed by atoms with E-state index in [0.717, 1.165) is 5.56 Å². The van der Waals surface area contributed by atoms with Crippen LogP contribution in [0.5, 0.6) is 0 Å². The highest BCUT2D eigenvalue weighted by atomic mass is 35.5. The number of benzene rings is 1. The van der Waals surface area contributed by atoms with Gasteiger partial charge in [-0.2, -0.15) is 5.10 Å². The first-order chi connectivity index (χ1) is 8.08. The minimum absolute atomic E-state index is 0.265. The number of rotatable bonds is 2. The van der Waals surface area contributed by atoms with Crippen molar-refractivity contribution in [3.05, 3.63) is 40.5 Å². The molecule has 0 bridgehead atoms. The molecule has 0 unspecified atom stereocenters. The van der Waals surface area contributed by atoms with Gasteiger partial charge >= 0.3 is 0 Å². The van der Waals surface area contributed by atoms with E-state index >= 15 is 0 Å². The van der Waals surface area contributed by atoms with Gasteiger partial charge in [0.15, 0.2) is 0 Å². The number of nitrogen functional groups attached to an aromatic ring is 1. The Hall–Kier alpha value is -2.01. The Morgan fingerprint density at radius 3 is 2.88 bits per heavy atom. The number of amides is 1. The van der Waals surface area contributed by atoms with Gasteiger partial charge in [-0.1, -0.05) is 11.6 Å². The van der Waals surface area contributed by atoms with E-state index in [1.807, 2.05) is 6.92 Å². The second-order valence-corrected chi connectivity index (χ2v) is 4.03. The van der Waals surface area contributed by atoms with Crippen molar-refractivity contribution in [2.75, 3.05) is 11.1 Å². The molecule has 0 saturated carbocycles. The first kappa shape index (κ1) is 11.5. The summed E-state index contributed by atoms with van der Waals surface area (Å²) >= 11 is 5.85. The maximum atomic E-state index is 11.9. The normalized spacial score (nSPS) is 10.2. The summed E-state index contributed by atoms with van der Waals surface area (Å²) in [6.45, 7) is 1.84. The predicted octanol–water partition coefficient (Wildman–Crippen LogP) is 2.21. The van der Waals surface area contributed by atoms with E-state index in [2.05, 4.69) is 15.5 Å². The molecule has 0 saturated heterocycles. The van der Waals surface area contributed by atoms with Crippen LogP contribution in [0.4, 0.5) is 11.5 Å². The zero-order valence-electron chi connectivity index (χ0n) is 9.12. The fourth-order valence-corrected chi connectivity index (χ4v) is 1.51. The van der Waals surface area contributed by atoms with Crippen LogP contribution in [0.3, 0.4) is 0 Å². The zero-order chi connectivity index (χ0) is 12.4. The summed E-state index contributed by atoms with van der Waals surface area (Å²) in [6, 6.07) is 4.73. The molecule has 88 valence electrons. The van der Waals surface area contributed by atoms with Crippen molar-refractivity contribution in [3.8, 4) is 0 Å². The van der Waals surface area contributed by atoms with Crippen LogP contribution in [0.25, 0.3) is 0 Å². The molecule has 2 aromatic rings. The van der Waals surface area contributed by atoms with Crippen LogP contribution in [0.15, 0.2) is 24.4 Å². The molecular formula is C11H11ClN4O. The molecule has 6 heteroatoms. The van der Waals surface area contributed by atoms with E-state index in [0.29, 0.717) is 22.1 Å². The molecule has 0 spiro atoms. The highest BCUT2D eigenvalue weighted by Gasteiger charge is 2.10. The number of nitrogens with one attached hydrogen (secondary N) is 2. The highest BCUT2D eigenvalue weighted by Crippen LogP contribution is 2.20. The molecule has 0 fully saturated rings. The van der Waals surface area contributed by atoms with Gasteiger partial charge in [0.2, 0.25) is 0 Å². The fraction of sp³-hybridized carbons (Fsp3) is 0.0909. The van der Waals surface area contributed by atoms with Gasteiger partial charge in [0, 0.05) is 11.1 Å². The van der Waals surface area contributed by atoms with Crippen molar-refractivity contribution in [2.24, 2.45) is 0 Å². The maximum Gasteiger partial charge on any atom is 0.256 e. The smallest absolute Gasteiger partial charge is 0.256 e. The minimum atomic E-state index is -0.265. The summed E-state index contributed by atoms with van der Waals surface area (Å²) in [4.78, 5) is 11.9. The Kier molecular flexibility index (Phi) is 3.01. The van der Waals surface area contributed by atoms with E-state index in [-0.39, 0.29) is 5.91 Å². The van der Waals surface area contributed by atoms with Crippen molar-refractivity contribution in [1.82, 2.24) is 10.2 Å². The van der Waals surface area contributed by atoms with Crippen LogP contribution < -0.4 is 11.1 Å². The lowest BCUT2D eigenvalue weighted by Crippen LogP contribution is -2.13. The summed E-state index contributed by atoms with van der Waals surface area (Å²) in [5, 5.41) is 9.56. The summed E-state index contributed by atoms with van der Waals surface area (Å²) < 4.78 is 0. The van der Waals surface area contributed by atoms with Gasteiger partial charge in [0.05, 0.1) is 16.9 Å². The third-order valence-corrected chi connectivity index (χ3v) is 2.66. The van der Waals surface area contributed by atoms with E-state index in [1.165, 1.54) is 6.07 Å². The molecule has 1 aromatic heterocycles. The largest absolute Gasteiger partial charge is 0.398 e. The summed E-state index contributed by atoms with van der Waals surface area (Å²) in [7, 11) is 0. The quantitative estimate of drug-likeness (QED) is 0.715. The zero-order valence-corrected chi connectivity index (χ0v) is 9.88. The number of nitrogens with zero attached hydrogens (tertiary/aromatic N) is 1. The number of hydrogen-bond donors (Lipinski definition) is 3. The van der Waals surface area contributed by atoms with Gasteiger partial charge in [-0.15, -0.1) is 0 Å². The summed E-state index contributed by atoms with van der Waals surface area (Å²) in [5.41, 5.74) is 7.32. The summed E-state index contributed by atoms with van der Waals surface area (Å²) in [5.74, 6) is 0.308. The van der Waals surface area contributed by atoms with E-state index in [9.17, 15) is 4.79 Å². The number of aromatic nitrogens is 2. The van der Waals surface area contributed by atoms with Crippen LogP contribution in [-0.4, -0.2) is 16.1 Å². The lowest BCUT2D eigenvalue weighted by atomic mass is 10.2. The molecule has 4 N–H and O–H groups in total. The number of hydrogen-bond acceptors (Lipinski definition) is 3. The number of anilines is 2. The van der Waals surface area contributed by atoms with Crippen LogP contribution in [0.1, 0.15) is 15.9 Å². The van der Waals surface area contributed by atoms with Crippen LogP contribution in [0.2, 0.25) is 5.02 Å². The number of carbonyl (C=O) groups excluding carboxylic acids is 1. The van der Waals surface area contributed by atoms with Gasteiger partial charge in [-0.05, 0) is 25.1 Å². The van der Waals surface area contributed by atoms with Crippen LogP contribution >= 0.6 is 11.6 Å². The van der Waals surface area contributed by atoms with Gasteiger partial charge in [-0.25, -0.2) is 0 Å². The SMILES string of the molecule is Cc1cn[nH]c1NC(=O)c1ccc(N)c(Cl)c1. The molecule has 1 heterocycles. The monoisotopic (exact) mass is 250 g/mol.